The van der Waals surface area contributed by atoms with E-state index in [2.05, 4.69) is 4.72 Å². The predicted octanol–water partition coefficient (Wildman–Crippen LogP) is 3.74. The molecule has 0 aliphatic heterocycles. The van der Waals surface area contributed by atoms with Crippen molar-refractivity contribution in [1.82, 2.24) is 0 Å². The number of aromatic carboxylic acids is 1. The summed E-state index contributed by atoms with van der Waals surface area (Å²) >= 11 is 1.14. The molecule has 0 amide bonds. The molecule has 0 aliphatic carbocycles. The van der Waals surface area contributed by atoms with E-state index in [1.165, 1.54) is 0 Å². The van der Waals surface area contributed by atoms with Gasteiger partial charge in [0.05, 0.1) is 17.7 Å². The van der Waals surface area contributed by atoms with Gasteiger partial charge in [-0.2, -0.15) is 0 Å². The minimum absolute atomic E-state index is 0. The molecular weight excluding hydrogens is 386 g/mol. The lowest BCUT2D eigenvalue weighted by Gasteiger charge is -2.07. The number of hydrogen-bond acceptors (Lipinski definition) is 4. The maximum atomic E-state index is 12.6. The molecule has 1 atom stereocenters. The van der Waals surface area contributed by atoms with Gasteiger partial charge < -0.3 is 15.3 Å². The molecule has 0 aliphatic rings. The number of ether oxygens (including phenoxy) is 1. The first kappa shape index (κ1) is 20.6. The van der Waals surface area contributed by atoms with Gasteiger partial charge in [0.2, 0.25) is 0 Å². The Balaban J connectivity index is 0.00000261. The standard InChI is InChI=1S/C19H17NO4S2.H2O/c1-12-5-3-4-6-17(12)26(23)20-15-11-16(25-18(15)19(21)22)13-7-9-14(24-2)10-8-13;/h3-11,20H,1-2H3,(H,21,22);1H2. The summed E-state index contributed by atoms with van der Waals surface area (Å²) < 4.78 is 20.6. The van der Waals surface area contributed by atoms with Gasteiger partial charge in [-0.15, -0.1) is 11.3 Å². The fourth-order valence-corrected chi connectivity index (χ4v) is 4.50. The van der Waals surface area contributed by atoms with E-state index in [1.807, 2.05) is 43.3 Å². The van der Waals surface area contributed by atoms with E-state index < -0.39 is 17.0 Å². The molecule has 0 radical (unpaired) electrons. The Bertz CT molecular complexity index is 966. The van der Waals surface area contributed by atoms with Crippen LogP contribution in [0.1, 0.15) is 15.2 Å². The molecule has 27 heavy (non-hydrogen) atoms. The van der Waals surface area contributed by atoms with Gasteiger partial charge >= 0.3 is 5.97 Å². The van der Waals surface area contributed by atoms with Crippen molar-refractivity contribution in [3.05, 3.63) is 65.0 Å². The summed E-state index contributed by atoms with van der Waals surface area (Å²) in [6, 6.07) is 16.4. The summed E-state index contributed by atoms with van der Waals surface area (Å²) in [5, 5.41) is 9.50. The number of benzene rings is 2. The number of anilines is 1. The minimum Gasteiger partial charge on any atom is -0.497 e. The Hall–Kier alpha value is -2.68. The van der Waals surface area contributed by atoms with Crippen molar-refractivity contribution >= 4 is 34.0 Å². The summed E-state index contributed by atoms with van der Waals surface area (Å²) in [5.74, 6) is -0.332. The Morgan fingerprint density at radius 3 is 2.41 bits per heavy atom. The monoisotopic (exact) mass is 405 g/mol. The molecule has 0 saturated heterocycles. The quantitative estimate of drug-likeness (QED) is 0.651. The molecule has 1 aromatic heterocycles. The smallest absolute Gasteiger partial charge is 0.348 e. The second kappa shape index (κ2) is 8.81. The van der Waals surface area contributed by atoms with Crippen molar-refractivity contribution in [1.29, 1.82) is 0 Å². The largest absolute Gasteiger partial charge is 0.497 e. The van der Waals surface area contributed by atoms with Crippen LogP contribution in [0.3, 0.4) is 0 Å². The summed E-state index contributed by atoms with van der Waals surface area (Å²) in [6.07, 6.45) is 0. The first-order valence-electron chi connectivity index (χ1n) is 7.75. The molecule has 0 bridgehead atoms. The fourth-order valence-electron chi connectivity index (χ4n) is 2.44. The number of carboxylic acid groups (broad SMARTS) is 1. The maximum Gasteiger partial charge on any atom is 0.348 e. The fraction of sp³-hybridized carbons (Fsp3) is 0.105. The average molecular weight is 405 g/mol. The summed E-state index contributed by atoms with van der Waals surface area (Å²) in [7, 11) is 0.0413. The highest BCUT2D eigenvalue weighted by Crippen LogP contribution is 2.36. The van der Waals surface area contributed by atoms with E-state index in [0.29, 0.717) is 10.6 Å². The molecule has 2 aromatic carbocycles. The van der Waals surface area contributed by atoms with Crippen LogP contribution in [0, 0.1) is 6.92 Å². The summed E-state index contributed by atoms with van der Waals surface area (Å²) in [6.45, 7) is 1.86. The number of aryl methyl sites for hydroxylation is 1. The van der Waals surface area contributed by atoms with Crippen LogP contribution in [-0.4, -0.2) is 27.9 Å². The Morgan fingerprint density at radius 2 is 1.81 bits per heavy atom. The van der Waals surface area contributed by atoms with Crippen molar-refractivity contribution in [3.63, 3.8) is 0 Å². The van der Waals surface area contributed by atoms with Gasteiger partial charge in [-0.1, -0.05) is 18.2 Å². The molecule has 6 nitrogen and oxygen atoms in total. The lowest BCUT2D eigenvalue weighted by Crippen LogP contribution is -2.08. The molecule has 4 N–H and O–H groups in total. The predicted molar refractivity (Wildman–Crippen MR) is 108 cm³/mol. The molecule has 3 rings (SSSR count). The van der Waals surface area contributed by atoms with Crippen LogP contribution < -0.4 is 9.46 Å². The normalized spacial score (nSPS) is 11.3. The number of hydrogen-bond donors (Lipinski definition) is 2. The molecule has 0 saturated carbocycles. The van der Waals surface area contributed by atoms with Gasteiger partial charge in [-0.05, 0) is 54.4 Å². The highest BCUT2D eigenvalue weighted by Gasteiger charge is 2.19. The van der Waals surface area contributed by atoms with Crippen molar-refractivity contribution < 1.29 is 24.3 Å². The molecule has 1 heterocycles. The highest BCUT2D eigenvalue weighted by atomic mass is 32.2. The molecular formula is C19H19NO5S2. The van der Waals surface area contributed by atoms with Crippen LogP contribution in [0.4, 0.5) is 5.69 Å². The highest BCUT2D eigenvalue weighted by molar-refractivity contribution is 7.86. The number of thiophene rings is 1. The van der Waals surface area contributed by atoms with Gasteiger partial charge in [-0.25, -0.2) is 9.00 Å². The zero-order valence-electron chi connectivity index (χ0n) is 14.7. The van der Waals surface area contributed by atoms with E-state index >= 15 is 0 Å². The minimum atomic E-state index is -1.55. The van der Waals surface area contributed by atoms with Gasteiger partial charge in [0, 0.05) is 4.88 Å². The Morgan fingerprint density at radius 1 is 1.15 bits per heavy atom. The SMILES string of the molecule is COc1ccc(-c2cc(NS(=O)c3ccccc3C)c(C(=O)O)s2)cc1.O. The van der Waals surface area contributed by atoms with E-state index in [4.69, 9.17) is 4.74 Å². The van der Waals surface area contributed by atoms with Gasteiger partial charge in [0.15, 0.2) is 11.0 Å². The Labute approximate surface area is 163 Å². The Kier molecular flexibility index (Phi) is 6.73. The molecule has 142 valence electrons. The van der Waals surface area contributed by atoms with Crippen LogP contribution in [0.2, 0.25) is 0 Å². The topological polar surface area (TPSA) is 107 Å². The van der Waals surface area contributed by atoms with Gasteiger partial charge in [-0.3, -0.25) is 4.72 Å². The second-order valence-electron chi connectivity index (χ2n) is 5.52. The van der Waals surface area contributed by atoms with Crippen LogP contribution >= 0.6 is 11.3 Å². The van der Waals surface area contributed by atoms with Crippen molar-refractivity contribution in [2.24, 2.45) is 0 Å². The number of rotatable bonds is 6. The van der Waals surface area contributed by atoms with E-state index in [9.17, 15) is 14.1 Å². The zero-order chi connectivity index (χ0) is 18.7. The van der Waals surface area contributed by atoms with Crippen LogP contribution in [0.5, 0.6) is 5.75 Å². The molecule has 3 aromatic rings. The summed E-state index contributed by atoms with van der Waals surface area (Å²) in [4.78, 5) is 13.1. The average Bonchev–Trinajstić information content (AvgIpc) is 3.06. The number of methoxy groups -OCH3 is 1. The molecule has 0 spiro atoms. The lowest BCUT2D eigenvalue weighted by atomic mass is 10.2. The second-order valence-corrected chi connectivity index (χ2v) is 7.76. The molecule has 1 unspecified atom stereocenters. The molecule has 0 fully saturated rings. The van der Waals surface area contributed by atoms with Gasteiger partial charge in [0.1, 0.15) is 10.6 Å². The van der Waals surface area contributed by atoms with E-state index in [1.54, 1.807) is 25.3 Å². The first-order valence-corrected chi connectivity index (χ1v) is 9.72. The first-order chi connectivity index (χ1) is 12.5. The number of carboxylic acids is 1. The van der Waals surface area contributed by atoms with E-state index in [0.717, 1.165) is 33.1 Å². The van der Waals surface area contributed by atoms with Crippen molar-refractivity contribution in [2.75, 3.05) is 11.8 Å². The van der Waals surface area contributed by atoms with Crippen molar-refractivity contribution in [3.8, 4) is 16.2 Å². The lowest BCUT2D eigenvalue weighted by molar-refractivity contribution is 0.0703. The third-order valence-electron chi connectivity index (χ3n) is 3.80. The third kappa shape index (κ3) is 4.54. The van der Waals surface area contributed by atoms with Gasteiger partial charge in [0.25, 0.3) is 0 Å². The third-order valence-corrected chi connectivity index (χ3v) is 6.23. The van der Waals surface area contributed by atoms with Crippen LogP contribution in [0.25, 0.3) is 10.4 Å². The zero-order valence-corrected chi connectivity index (χ0v) is 16.3. The maximum absolute atomic E-state index is 12.6. The van der Waals surface area contributed by atoms with Crippen LogP contribution in [0.15, 0.2) is 59.5 Å². The summed E-state index contributed by atoms with van der Waals surface area (Å²) in [5.41, 5.74) is 2.09. The van der Waals surface area contributed by atoms with E-state index in [-0.39, 0.29) is 10.4 Å². The number of carbonyl (C=O) groups is 1. The number of nitrogens with one attached hydrogen (secondary N) is 1. The van der Waals surface area contributed by atoms with Crippen molar-refractivity contribution in [2.45, 2.75) is 11.8 Å². The molecule has 8 heteroatoms. The van der Waals surface area contributed by atoms with Crippen LogP contribution in [-0.2, 0) is 11.0 Å².